The van der Waals surface area contributed by atoms with Gasteiger partial charge in [-0.15, -0.1) is 11.3 Å². The Kier molecular flexibility index (Phi) is 5.54. The Labute approximate surface area is 160 Å². The topological polar surface area (TPSA) is 98.5 Å². The summed E-state index contributed by atoms with van der Waals surface area (Å²) < 4.78 is 33.4. The highest BCUT2D eigenvalue weighted by molar-refractivity contribution is 7.89. The predicted octanol–water partition coefficient (Wildman–Crippen LogP) is 3.73. The molecule has 0 radical (unpaired) electrons. The number of nitrogens with one attached hydrogen (secondary N) is 1. The first-order valence-electron chi connectivity index (χ1n) is 7.85. The zero-order valence-electron chi connectivity index (χ0n) is 14.2. The smallest absolute Gasteiger partial charge is 0.312 e. The van der Waals surface area contributed by atoms with E-state index in [-0.39, 0.29) is 10.6 Å². The summed E-state index contributed by atoms with van der Waals surface area (Å²) >= 11 is 1.42. The molecule has 0 aliphatic rings. The zero-order chi connectivity index (χ0) is 19.4. The van der Waals surface area contributed by atoms with Gasteiger partial charge in [-0.05, 0) is 29.1 Å². The van der Waals surface area contributed by atoms with E-state index in [0.717, 1.165) is 16.5 Å². The van der Waals surface area contributed by atoms with Crippen molar-refractivity contribution in [2.75, 3.05) is 7.11 Å². The Bertz CT molecular complexity index is 1030. The van der Waals surface area contributed by atoms with Crippen molar-refractivity contribution >= 4 is 27.0 Å². The molecule has 0 aliphatic carbocycles. The number of benzene rings is 2. The number of sulfonamides is 1. The molecule has 1 aromatic heterocycles. The molecule has 0 amide bonds. The number of rotatable bonds is 7. The summed E-state index contributed by atoms with van der Waals surface area (Å²) in [5.41, 5.74) is 0.360. The third kappa shape index (κ3) is 4.16. The number of ether oxygens (including phenoxy) is 1. The van der Waals surface area contributed by atoms with E-state index >= 15 is 0 Å². The molecule has 0 saturated heterocycles. The van der Waals surface area contributed by atoms with E-state index in [1.54, 1.807) is 0 Å². The van der Waals surface area contributed by atoms with Gasteiger partial charge < -0.3 is 4.74 Å². The molecular formula is C18H16N2O5S2. The van der Waals surface area contributed by atoms with Gasteiger partial charge >= 0.3 is 5.69 Å². The standard InChI is InChI=1S/C18H16N2O5S2/c1-25-16-10-9-14(12-15(16)20(21)22)27(23,24)19-18(17-8-5-11-26-17)13-6-3-2-4-7-13/h2-12,18-19H,1H3/t18-/m0/s1. The predicted molar refractivity (Wildman–Crippen MR) is 103 cm³/mol. The number of thiophene rings is 1. The van der Waals surface area contributed by atoms with Gasteiger partial charge in [0.25, 0.3) is 0 Å². The van der Waals surface area contributed by atoms with Crippen LogP contribution in [-0.2, 0) is 10.0 Å². The first kappa shape index (κ1) is 19.0. The van der Waals surface area contributed by atoms with Crippen LogP contribution in [0.2, 0.25) is 0 Å². The van der Waals surface area contributed by atoms with Gasteiger partial charge in [-0.2, -0.15) is 4.72 Å². The van der Waals surface area contributed by atoms with E-state index in [0.29, 0.717) is 0 Å². The van der Waals surface area contributed by atoms with E-state index in [9.17, 15) is 18.5 Å². The van der Waals surface area contributed by atoms with E-state index in [1.165, 1.54) is 30.6 Å². The van der Waals surface area contributed by atoms with Crippen molar-refractivity contribution in [1.29, 1.82) is 0 Å². The van der Waals surface area contributed by atoms with Crippen LogP contribution in [0.4, 0.5) is 5.69 Å². The Morgan fingerprint density at radius 3 is 2.44 bits per heavy atom. The Morgan fingerprint density at radius 2 is 1.85 bits per heavy atom. The molecule has 7 nitrogen and oxygen atoms in total. The summed E-state index contributed by atoms with van der Waals surface area (Å²) in [6.07, 6.45) is 0. The van der Waals surface area contributed by atoms with Crippen molar-refractivity contribution in [2.24, 2.45) is 0 Å². The summed E-state index contributed by atoms with van der Waals surface area (Å²) in [5.74, 6) is -0.00295. The molecule has 3 aromatic rings. The molecule has 0 aliphatic heterocycles. The lowest BCUT2D eigenvalue weighted by molar-refractivity contribution is -0.386. The van der Waals surface area contributed by atoms with Crippen LogP contribution < -0.4 is 9.46 Å². The van der Waals surface area contributed by atoms with Gasteiger partial charge in [0, 0.05) is 10.9 Å². The van der Waals surface area contributed by atoms with Gasteiger partial charge in [-0.3, -0.25) is 10.1 Å². The maximum Gasteiger partial charge on any atom is 0.312 e. The molecule has 0 fully saturated rings. The Morgan fingerprint density at radius 1 is 1.11 bits per heavy atom. The van der Waals surface area contributed by atoms with Crippen LogP contribution in [0.25, 0.3) is 0 Å². The summed E-state index contributed by atoms with van der Waals surface area (Å²) in [5, 5.41) is 13.1. The highest BCUT2D eigenvalue weighted by Gasteiger charge is 2.26. The lowest BCUT2D eigenvalue weighted by Crippen LogP contribution is -2.29. The second-order valence-electron chi connectivity index (χ2n) is 5.57. The maximum absolute atomic E-state index is 12.9. The molecule has 1 N–H and O–H groups in total. The van der Waals surface area contributed by atoms with Crippen LogP contribution in [0.15, 0.2) is 70.9 Å². The van der Waals surface area contributed by atoms with Crippen LogP contribution in [0.5, 0.6) is 5.75 Å². The first-order chi connectivity index (χ1) is 12.9. The molecule has 2 aromatic carbocycles. The number of nitro groups is 1. The molecule has 0 unspecified atom stereocenters. The molecule has 0 bridgehead atoms. The van der Waals surface area contributed by atoms with E-state index in [2.05, 4.69) is 4.72 Å². The molecule has 1 heterocycles. The van der Waals surface area contributed by atoms with E-state index in [4.69, 9.17) is 4.74 Å². The van der Waals surface area contributed by atoms with Gasteiger partial charge in [0.15, 0.2) is 5.75 Å². The van der Waals surface area contributed by atoms with Crippen molar-refractivity contribution in [2.45, 2.75) is 10.9 Å². The fourth-order valence-electron chi connectivity index (χ4n) is 2.59. The second-order valence-corrected chi connectivity index (χ2v) is 8.26. The van der Waals surface area contributed by atoms with Crippen LogP contribution in [-0.4, -0.2) is 20.5 Å². The van der Waals surface area contributed by atoms with Gasteiger partial charge in [0.1, 0.15) is 0 Å². The Hall–Kier alpha value is -2.75. The van der Waals surface area contributed by atoms with Crippen LogP contribution in [0.3, 0.4) is 0 Å². The van der Waals surface area contributed by atoms with Gasteiger partial charge in [-0.1, -0.05) is 36.4 Å². The zero-order valence-corrected chi connectivity index (χ0v) is 15.9. The number of hydrogen-bond acceptors (Lipinski definition) is 6. The van der Waals surface area contributed by atoms with Crippen molar-refractivity contribution in [3.8, 4) is 5.75 Å². The monoisotopic (exact) mass is 404 g/mol. The molecule has 3 rings (SSSR count). The van der Waals surface area contributed by atoms with Gasteiger partial charge in [-0.25, -0.2) is 8.42 Å². The van der Waals surface area contributed by atoms with E-state index in [1.807, 2.05) is 47.8 Å². The van der Waals surface area contributed by atoms with Crippen LogP contribution in [0, 0.1) is 10.1 Å². The fraction of sp³-hybridized carbons (Fsp3) is 0.111. The second kappa shape index (κ2) is 7.87. The van der Waals surface area contributed by atoms with Crippen molar-refractivity contribution in [3.63, 3.8) is 0 Å². The average molecular weight is 404 g/mol. The molecule has 140 valence electrons. The third-order valence-electron chi connectivity index (χ3n) is 3.89. The lowest BCUT2D eigenvalue weighted by Gasteiger charge is -2.18. The number of hydrogen-bond donors (Lipinski definition) is 1. The molecular weight excluding hydrogens is 388 g/mol. The number of nitro benzene ring substituents is 1. The molecule has 1 atom stereocenters. The normalized spacial score (nSPS) is 12.5. The molecule has 0 spiro atoms. The number of nitrogens with zero attached hydrogens (tertiary/aromatic N) is 1. The first-order valence-corrected chi connectivity index (χ1v) is 10.2. The lowest BCUT2D eigenvalue weighted by atomic mass is 10.1. The third-order valence-corrected chi connectivity index (χ3v) is 6.25. The summed E-state index contributed by atoms with van der Waals surface area (Å²) in [6.45, 7) is 0. The minimum atomic E-state index is -4.02. The summed E-state index contributed by atoms with van der Waals surface area (Å²) in [6, 6.07) is 15.8. The van der Waals surface area contributed by atoms with Crippen molar-refractivity contribution < 1.29 is 18.1 Å². The highest BCUT2D eigenvalue weighted by atomic mass is 32.2. The average Bonchev–Trinajstić information content (AvgIpc) is 3.20. The van der Waals surface area contributed by atoms with E-state index < -0.39 is 26.7 Å². The van der Waals surface area contributed by atoms with Crippen molar-refractivity contribution in [1.82, 2.24) is 4.72 Å². The van der Waals surface area contributed by atoms with Crippen LogP contribution >= 0.6 is 11.3 Å². The minimum absolute atomic E-state index is 0.00295. The fourth-order valence-corrected chi connectivity index (χ4v) is 4.69. The molecule has 27 heavy (non-hydrogen) atoms. The van der Waals surface area contributed by atoms with Crippen molar-refractivity contribution in [3.05, 3.63) is 86.6 Å². The Balaban J connectivity index is 2.01. The quantitative estimate of drug-likeness (QED) is 0.478. The molecule has 9 heteroatoms. The van der Waals surface area contributed by atoms with Gasteiger partial charge in [0.05, 0.1) is 23.0 Å². The van der Waals surface area contributed by atoms with Crippen LogP contribution in [0.1, 0.15) is 16.5 Å². The maximum atomic E-state index is 12.9. The summed E-state index contributed by atoms with van der Waals surface area (Å²) in [7, 11) is -2.73. The summed E-state index contributed by atoms with van der Waals surface area (Å²) in [4.78, 5) is 11.1. The van der Waals surface area contributed by atoms with Gasteiger partial charge in [0.2, 0.25) is 10.0 Å². The number of methoxy groups -OCH3 is 1. The largest absolute Gasteiger partial charge is 0.490 e. The minimum Gasteiger partial charge on any atom is -0.490 e. The molecule has 0 saturated carbocycles. The SMILES string of the molecule is COc1ccc(S(=O)(=O)N[C@@H](c2ccccc2)c2cccs2)cc1[N+](=O)[O-]. The highest BCUT2D eigenvalue weighted by Crippen LogP contribution is 2.31.